The van der Waals surface area contributed by atoms with E-state index in [0.717, 1.165) is 0 Å². The summed E-state index contributed by atoms with van der Waals surface area (Å²) in [5.74, 6) is 0. The van der Waals surface area contributed by atoms with E-state index in [0.29, 0.717) is 11.6 Å². The number of hydrogen-bond donors (Lipinski definition) is 1. The van der Waals surface area contributed by atoms with Crippen molar-refractivity contribution >= 4 is 0 Å². The number of hydrogen-bond acceptors (Lipinski definition) is 2. The smallest absolute Gasteiger partial charge is 0.0461 e. The molecule has 2 aliphatic rings. The fourth-order valence-electron chi connectivity index (χ4n) is 3.86. The van der Waals surface area contributed by atoms with Crippen molar-refractivity contribution in [3.8, 4) is 0 Å². The standard InChI is InChI=1S/C16H30N2/c1-4-16(2,18-12-8-9-13-18)15(17-3)14-10-6-5-7-11-14/h10,15,17H,4-9,11-13H2,1-3H3. The minimum Gasteiger partial charge on any atom is -0.312 e. The average molecular weight is 250 g/mol. The molecule has 0 aromatic rings. The van der Waals surface area contributed by atoms with Crippen LogP contribution in [0.25, 0.3) is 0 Å². The van der Waals surface area contributed by atoms with Crippen LogP contribution in [-0.2, 0) is 0 Å². The highest BCUT2D eigenvalue weighted by Crippen LogP contribution is 2.34. The van der Waals surface area contributed by atoms with E-state index in [1.54, 1.807) is 5.57 Å². The molecule has 1 fully saturated rings. The highest BCUT2D eigenvalue weighted by Gasteiger charge is 2.40. The number of allylic oxidation sites excluding steroid dienone is 1. The van der Waals surface area contributed by atoms with E-state index in [2.05, 4.69) is 37.2 Å². The van der Waals surface area contributed by atoms with Gasteiger partial charge in [-0.05, 0) is 72.0 Å². The van der Waals surface area contributed by atoms with E-state index in [1.165, 1.54) is 58.0 Å². The van der Waals surface area contributed by atoms with Crippen LogP contribution < -0.4 is 5.32 Å². The van der Waals surface area contributed by atoms with E-state index >= 15 is 0 Å². The first kappa shape index (κ1) is 14.1. The summed E-state index contributed by atoms with van der Waals surface area (Å²) in [6, 6.07) is 0.542. The molecule has 0 aromatic heterocycles. The zero-order chi connectivity index (χ0) is 13.0. The van der Waals surface area contributed by atoms with E-state index < -0.39 is 0 Å². The van der Waals surface area contributed by atoms with E-state index in [9.17, 15) is 0 Å². The van der Waals surface area contributed by atoms with Gasteiger partial charge >= 0.3 is 0 Å². The quantitative estimate of drug-likeness (QED) is 0.753. The summed E-state index contributed by atoms with van der Waals surface area (Å²) in [4.78, 5) is 2.73. The normalized spacial score (nSPS) is 26.7. The Labute approximate surface area is 113 Å². The molecular formula is C16H30N2. The highest BCUT2D eigenvalue weighted by atomic mass is 15.2. The SMILES string of the molecule is CCC(C)(C(NC)C1=CCCCC1)N1CCCC1. The minimum absolute atomic E-state index is 0.300. The Morgan fingerprint density at radius 1 is 1.28 bits per heavy atom. The third-order valence-corrected chi connectivity index (χ3v) is 5.15. The second-order valence-corrected chi connectivity index (χ2v) is 6.15. The van der Waals surface area contributed by atoms with Crippen LogP contribution in [0.4, 0.5) is 0 Å². The molecular weight excluding hydrogens is 220 g/mol. The number of nitrogens with one attached hydrogen (secondary N) is 1. The third kappa shape index (κ3) is 2.65. The van der Waals surface area contributed by atoms with Crippen LogP contribution in [0.15, 0.2) is 11.6 Å². The number of nitrogens with zero attached hydrogens (tertiary/aromatic N) is 1. The molecule has 1 aliphatic heterocycles. The lowest BCUT2D eigenvalue weighted by Gasteiger charge is -2.46. The summed E-state index contributed by atoms with van der Waals surface area (Å²) in [5.41, 5.74) is 1.97. The van der Waals surface area contributed by atoms with Crippen LogP contribution in [0.5, 0.6) is 0 Å². The van der Waals surface area contributed by atoms with Crippen LogP contribution in [0, 0.1) is 0 Å². The van der Waals surface area contributed by atoms with Crippen molar-refractivity contribution in [2.24, 2.45) is 0 Å². The fraction of sp³-hybridized carbons (Fsp3) is 0.875. The molecule has 1 saturated heterocycles. The van der Waals surface area contributed by atoms with E-state index in [1.807, 2.05) is 0 Å². The third-order valence-electron chi connectivity index (χ3n) is 5.15. The van der Waals surface area contributed by atoms with E-state index in [4.69, 9.17) is 0 Å². The van der Waals surface area contributed by atoms with Gasteiger partial charge in [0, 0.05) is 11.6 Å². The Morgan fingerprint density at radius 3 is 2.50 bits per heavy atom. The molecule has 0 saturated carbocycles. The molecule has 104 valence electrons. The maximum atomic E-state index is 3.63. The van der Waals surface area contributed by atoms with Gasteiger partial charge in [-0.15, -0.1) is 0 Å². The van der Waals surface area contributed by atoms with Gasteiger partial charge in [-0.1, -0.05) is 18.6 Å². The van der Waals surface area contributed by atoms with Gasteiger partial charge in [0.25, 0.3) is 0 Å². The second kappa shape index (κ2) is 6.21. The topological polar surface area (TPSA) is 15.3 Å². The maximum Gasteiger partial charge on any atom is 0.0461 e. The van der Waals surface area contributed by atoms with Crippen molar-refractivity contribution in [1.29, 1.82) is 0 Å². The monoisotopic (exact) mass is 250 g/mol. The molecule has 0 radical (unpaired) electrons. The van der Waals surface area contributed by atoms with Crippen molar-refractivity contribution in [1.82, 2.24) is 10.2 Å². The Morgan fingerprint density at radius 2 is 2.00 bits per heavy atom. The molecule has 2 heteroatoms. The predicted octanol–water partition coefficient (Wildman–Crippen LogP) is 3.34. The lowest BCUT2D eigenvalue weighted by atomic mass is 9.79. The van der Waals surface area contributed by atoms with Gasteiger partial charge in [0.1, 0.15) is 0 Å². The fourth-order valence-corrected chi connectivity index (χ4v) is 3.86. The Bertz CT molecular complexity index is 291. The molecule has 2 nitrogen and oxygen atoms in total. The second-order valence-electron chi connectivity index (χ2n) is 6.15. The summed E-state index contributed by atoms with van der Waals surface area (Å²) in [5, 5.41) is 3.63. The van der Waals surface area contributed by atoms with Gasteiger partial charge in [0.2, 0.25) is 0 Å². The first-order valence-electron chi connectivity index (χ1n) is 7.83. The molecule has 18 heavy (non-hydrogen) atoms. The summed E-state index contributed by atoms with van der Waals surface area (Å²) >= 11 is 0. The predicted molar refractivity (Wildman–Crippen MR) is 78.9 cm³/mol. The first-order chi connectivity index (χ1) is 8.72. The van der Waals surface area contributed by atoms with Gasteiger partial charge in [0.05, 0.1) is 0 Å². The molecule has 0 spiro atoms. The highest BCUT2D eigenvalue weighted by molar-refractivity contribution is 5.20. The Balaban J connectivity index is 2.18. The minimum atomic E-state index is 0.300. The van der Waals surface area contributed by atoms with Gasteiger partial charge in [-0.3, -0.25) is 4.90 Å². The van der Waals surface area contributed by atoms with Gasteiger partial charge in [-0.2, -0.15) is 0 Å². The lowest BCUT2D eigenvalue weighted by molar-refractivity contribution is 0.0987. The molecule has 0 bridgehead atoms. The van der Waals surface area contributed by atoms with Crippen molar-refractivity contribution < 1.29 is 0 Å². The summed E-state index contributed by atoms with van der Waals surface area (Å²) in [6.07, 6.45) is 11.8. The van der Waals surface area contributed by atoms with Gasteiger partial charge in [0.15, 0.2) is 0 Å². The number of likely N-dealkylation sites (tertiary alicyclic amines) is 1. The van der Waals surface area contributed by atoms with Gasteiger partial charge < -0.3 is 5.32 Å². The zero-order valence-electron chi connectivity index (χ0n) is 12.5. The van der Waals surface area contributed by atoms with Crippen LogP contribution in [0.2, 0.25) is 0 Å². The molecule has 2 atom stereocenters. The summed E-state index contributed by atoms with van der Waals surface area (Å²) in [6.45, 7) is 7.40. The average Bonchev–Trinajstić information content (AvgIpc) is 2.95. The lowest BCUT2D eigenvalue weighted by Crippen LogP contribution is -2.58. The molecule has 1 heterocycles. The van der Waals surface area contributed by atoms with Crippen LogP contribution in [-0.4, -0.2) is 36.6 Å². The maximum absolute atomic E-state index is 3.63. The largest absolute Gasteiger partial charge is 0.312 e. The number of likely N-dealkylation sites (N-methyl/N-ethyl adjacent to an activating group) is 1. The Kier molecular flexibility index (Phi) is 4.85. The zero-order valence-corrected chi connectivity index (χ0v) is 12.5. The molecule has 0 amide bonds. The molecule has 2 rings (SSSR count). The van der Waals surface area contributed by atoms with Crippen LogP contribution in [0.1, 0.15) is 58.8 Å². The first-order valence-corrected chi connectivity index (χ1v) is 7.83. The van der Waals surface area contributed by atoms with Crippen molar-refractivity contribution in [3.63, 3.8) is 0 Å². The molecule has 2 unspecified atom stereocenters. The van der Waals surface area contributed by atoms with Crippen LogP contribution >= 0.6 is 0 Å². The molecule has 0 aromatic carbocycles. The Hall–Kier alpha value is -0.340. The molecule has 1 aliphatic carbocycles. The van der Waals surface area contributed by atoms with Crippen molar-refractivity contribution in [2.75, 3.05) is 20.1 Å². The molecule has 1 N–H and O–H groups in total. The van der Waals surface area contributed by atoms with Gasteiger partial charge in [-0.25, -0.2) is 0 Å². The van der Waals surface area contributed by atoms with Crippen molar-refractivity contribution in [2.45, 2.75) is 70.4 Å². The summed E-state index contributed by atoms with van der Waals surface area (Å²) in [7, 11) is 2.14. The summed E-state index contributed by atoms with van der Waals surface area (Å²) < 4.78 is 0. The van der Waals surface area contributed by atoms with E-state index in [-0.39, 0.29) is 0 Å². The van der Waals surface area contributed by atoms with Crippen molar-refractivity contribution in [3.05, 3.63) is 11.6 Å². The number of rotatable bonds is 5. The van der Waals surface area contributed by atoms with Crippen LogP contribution in [0.3, 0.4) is 0 Å².